The van der Waals surface area contributed by atoms with Crippen LogP contribution in [0.25, 0.3) is 66.5 Å². The molecule has 0 aliphatic carbocycles. The van der Waals surface area contributed by atoms with E-state index in [9.17, 15) is 18.0 Å². The number of piperazine rings is 2. The Morgan fingerprint density at radius 1 is 0.496 bits per heavy atom. The number of nitrogens with one attached hydrogen (secondary N) is 10. The van der Waals surface area contributed by atoms with Crippen LogP contribution in [0.1, 0.15) is 56.2 Å². The van der Waals surface area contributed by atoms with Crippen molar-refractivity contribution in [3.8, 4) is 51.4 Å². The summed E-state index contributed by atoms with van der Waals surface area (Å²) in [5, 5.41) is 33.3. The number of aromatic amines is 3. The summed E-state index contributed by atoms with van der Waals surface area (Å²) >= 11 is 0. The van der Waals surface area contributed by atoms with Gasteiger partial charge in [-0.15, -0.1) is 15.3 Å². The van der Waals surface area contributed by atoms with Gasteiger partial charge in [0.2, 0.25) is 33.8 Å². The van der Waals surface area contributed by atoms with Gasteiger partial charge in [-0.2, -0.15) is 0 Å². The Hall–Kier alpha value is -12.0. The number of sulfonamides is 1. The van der Waals surface area contributed by atoms with E-state index in [1.165, 1.54) is 0 Å². The maximum absolute atomic E-state index is 13.5. The minimum absolute atomic E-state index is 0.0386. The predicted octanol–water partition coefficient (Wildman–Crippen LogP) is 8.35. The van der Waals surface area contributed by atoms with Gasteiger partial charge in [-0.25, -0.2) is 58.1 Å². The molecule has 3 aliphatic heterocycles. The molecular weight excluding hydrogens is 1470 g/mol. The zero-order valence-electron chi connectivity index (χ0n) is 66.0. The first-order valence-electron chi connectivity index (χ1n) is 37.4. The molecular formula is C75H98N30O7S. The average Bonchev–Trinajstić information content (AvgIpc) is 1.71. The van der Waals surface area contributed by atoms with E-state index in [4.69, 9.17) is 29.2 Å². The minimum Gasteiger partial charge on any atom is -0.478 e. The molecule has 3 amide bonds. The third-order valence-electron chi connectivity index (χ3n) is 20.3. The lowest BCUT2D eigenvalue weighted by Crippen LogP contribution is -2.52. The van der Waals surface area contributed by atoms with Crippen molar-refractivity contribution in [2.24, 2.45) is 21.1 Å². The van der Waals surface area contributed by atoms with Crippen LogP contribution in [-0.2, 0) is 36.0 Å². The van der Waals surface area contributed by atoms with E-state index < -0.39 is 15.4 Å². The maximum atomic E-state index is 13.5. The zero-order valence-corrected chi connectivity index (χ0v) is 66.8. The van der Waals surface area contributed by atoms with Crippen molar-refractivity contribution in [3.63, 3.8) is 0 Å². The number of likely N-dealkylation sites (N-methyl/N-ethyl adjacent to an activating group) is 2. The van der Waals surface area contributed by atoms with Gasteiger partial charge in [0.05, 0.1) is 79.6 Å². The normalized spacial score (nSPS) is 15.4. The number of piperidine rings is 1. The molecule has 596 valence electrons. The van der Waals surface area contributed by atoms with Gasteiger partial charge in [0.25, 0.3) is 17.6 Å². The van der Waals surface area contributed by atoms with E-state index in [-0.39, 0.29) is 29.8 Å². The first-order chi connectivity index (χ1) is 54.5. The number of amides is 3. The zero-order chi connectivity index (χ0) is 79.8. The van der Waals surface area contributed by atoms with Crippen LogP contribution >= 0.6 is 0 Å². The van der Waals surface area contributed by atoms with Crippen LogP contribution in [-0.4, -0.2) is 259 Å². The van der Waals surface area contributed by atoms with Crippen LogP contribution in [0.3, 0.4) is 0 Å². The second kappa shape index (κ2) is 34.7. The van der Waals surface area contributed by atoms with Gasteiger partial charge in [0.1, 0.15) is 22.4 Å². The molecule has 3 saturated heterocycles. The molecule has 0 radical (unpaired) electrons. The van der Waals surface area contributed by atoms with Gasteiger partial charge in [-0.3, -0.25) is 38.7 Å². The summed E-state index contributed by atoms with van der Waals surface area (Å²) in [6.45, 7) is 18.5. The van der Waals surface area contributed by atoms with Crippen molar-refractivity contribution in [3.05, 3.63) is 109 Å². The maximum Gasteiger partial charge on any atom is 0.320 e. The van der Waals surface area contributed by atoms with Crippen LogP contribution in [0.4, 0.5) is 57.2 Å². The van der Waals surface area contributed by atoms with Gasteiger partial charge in [0.15, 0.2) is 17.5 Å². The molecule has 0 spiro atoms. The Labute approximate surface area is 653 Å². The topological polar surface area (TPSA) is 413 Å². The van der Waals surface area contributed by atoms with E-state index in [1.54, 1.807) is 98.2 Å². The summed E-state index contributed by atoms with van der Waals surface area (Å²) in [5.74, 6) is 3.76. The summed E-state index contributed by atoms with van der Waals surface area (Å²) in [6, 6.07) is 5.38. The van der Waals surface area contributed by atoms with Gasteiger partial charge in [-0.1, -0.05) is 13.8 Å². The third-order valence-corrected chi connectivity index (χ3v) is 22.1. The molecule has 10 N–H and O–H groups in total. The van der Waals surface area contributed by atoms with Crippen molar-refractivity contribution in [2.45, 2.75) is 77.8 Å². The summed E-state index contributed by atoms with van der Waals surface area (Å²) < 4.78 is 50.7. The van der Waals surface area contributed by atoms with Gasteiger partial charge < -0.3 is 70.4 Å². The number of pyridine rings is 3. The number of likely N-dealkylation sites (tertiary alicyclic amines) is 1. The largest absolute Gasteiger partial charge is 0.478 e. The summed E-state index contributed by atoms with van der Waals surface area (Å²) in [5.41, 5.74) is 11.5. The molecule has 0 bridgehead atoms. The number of carbonyl (C=O) groups is 2. The van der Waals surface area contributed by atoms with Crippen LogP contribution in [0.15, 0.2) is 92.6 Å². The fourth-order valence-corrected chi connectivity index (χ4v) is 15.8. The molecule has 38 heteroatoms. The summed E-state index contributed by atoms with van der Waals surface area (Å²) in [7, 11) is 12.6. The molecule has 37 nitrogen and oxygen atoms in total. The van der Waals surface area contributed by atoms with Crippen LogP contribution in [0.2, 0.25) is 0 Å². The molecule has 12 aromatic rings. The van der Waals surface area contributed by atoms with Crippen LogP contribution in [0, 0.1) is 20.8 Å². The highest BCUT2D eigenvalue weighted by Gasteiger charge is 2.34. The number of methoxy groups -OCH3 is 3. The third kappa shape index (κ3) is 18.0. The number of urea groups is 1. The van der Waals surface area contributed by atoms with Crippen molar-refractivity contribution >= 4 is 107 Å². The number of ether oxygens (including phenoxy) is 3. The molecule has 3 aliphatic rings. The lowest BCUT2D eigenvalue weighted by molar-refractivity contribution is -0.122. The molecule has 12 aromatic heterocycles. The van der Waals surface area contributed by atoms with E-state index in [2.05, 4.69) is 130 Å². The number of carbonyl (C=O) groups excluding carboxylic acids is 2. The van der Waals surface area contributed by atoms with Gasteiger partial charge in [-0.05, 0) is 116 Å². The monoisotopic (exact) mass is 1560 g/mol. The smallest absolute Gasteiger partial charge is 0.320 e. The van der Waals surface area contributed by atoms with Gasteiger partial charge >= 0.3 is 6.03 Å². The summed E-state index contributed by atoms with van der Waals surface area (Å²) in [6.07, 6.45) is 24.3. The number of hydrogen-bond donors (Lipinski definition) is 10. The van der Waals surface area contributed by atoms with Gasteiger partial charge in [0, 0.05) is 168 Å². The highest BCUT2D eigenvalue weighted by atomic mass is 32.2. The molecule has 2 atom stereocenters. The molecule has 0 saturated carbocycles. The number of aromatic nitrogens is 18. The lowest BCUT2D eigenvalue weighted by atomic mass is 10.1. The highest BCUT2D eigenvalue weighted by Crippen LogP contribution is 2.38. The number of fused-ring (bicyclic) bond motifs is 3. The Bertz CT molecular complexity index is 5450. The quantitative estimate of drug-likeness (QED) is 0.0287. The van der Waals surface area contributed by atoms with Crippen LogP contribution < -0.4 is 50.8 Å². The number of anilines is 9. The molecule has 15 heterocycles. The van der Waals surface area contributed by atoms with Crippen molar-refractivity contribution in [1.29, 1.82) is 0 Å². The molecule has 113 heavy (non-hydrogen) atoms. The Morgan fingerprint density at radius 3 is 1.26 bits per heavy atom. The average molecular weight is 1560 g/mol. The molecule has 15 rings (SSSR count). The minimum atomic E-state index is -3.72. The first kappa shape index (κ1) is 79.1. The standard InChI is InChI=1S/C26H34N10O2.C25H34N10O3S.C24H30N10O2/c1-6-20(36-11-9-34(3)10-12-36)24(37)32-23-22-17(7-8-27-23)18(14-28-22)21-16(2)13-29-26(31-21)30-19-15-35(4)33-25(19)38-5;1-6-20(35-11-9-33(3)10-12-35)39(36,37)32-23-22-17(7-8-26-23)18(14-27-22)21-16(2)13-28-25(30-21)29-19-15-34(4)31-24(19)38-5;1-14-11-27-23(29-18-13-34(3)32-22(18)36-4)30-19(14)17-12-26-20-16(17)5-8-25-21(20)31-24(35)28-15-6-9-33(2)10-7-15/h7-8,13-15,20,28H,6,9-12H2,1-5H3,(H,27,32,37)(H,29,30,31);7-8,13-15,20,27H,6,9-12H2,1-5H3,(H,26,32)(H,28,29,30);5,8,11-13,15,26H,6-7,9-10H2,1-4H3,(H,27,29,30)(H2,25,28,31,35). The number of aryl methyl sites for hydroxylation is 6. The van der Waals surface area contributed by atoms with E-state index in [0.29, 0.717) is 94.9 Å². The van der Waals surface area contributed by atoms with Crippen molar-refractivity contribution in [2.75, 3.05) is 139 Å². The first-order valence-corrected chi connectivity index (χ1v) is 38.9. The summed E-state index contributed by atoms with van der Waals surface area (Å²) in [4.78, 5) is 87.6. The van der Waals surface area contributed by atoms with E-state index in [0.717, 1.165) is 144 Å². The van der Waals surface area contributed by atoms with Crippen molar-refractivity contribution in [1.82, 2.24) is 119 Å². The molecule has 3 fully saturated rings. The fraction of sp³-hybridized carbons (Fsp3) is 0.413. The number of nitrogens with zero attached hydrogens (tertiary/aromatic N) is 20. The Kier molecular flexibility index (Phi) is 24.3. The molecule has 2 unspecified atom stereocenters. The second-order valence-electron chi connectivity index (χ2n) is 28.4. The Balaban J connectivity index is 0.000000148. The number of hydrogen-bond acceptors (Lipinski definition) is 27. The Morgan fingerprint density at radius 2 is 0.867 bits per heavy atom. The van der Waals surface area contributed by atoms with Crippen LogP contribution in [0.5, 0.6) is 17.6 Å². The highest BCUT2D eigenvalue weighted by molar-refractivity contribution is 7.93. The lowest BCUT2D eigenvalue weighted by Gasteiger charge is -2.37. The number of H-pyrrole nitrogens is 3. The number of rotatable bonds is 23. The predicted molar refractivity (Wildman–Crippen MR) is 435 cm³/mol. The van der Waals surface area contributed by atoms with E-state index >= 15 is 0 Å². The SMILES string of the molecule is CCC(C(=O)Nc1nccc2c(-c3nc(Nc4cn(C)nc4OC)ncc3C)c[nH]c12)N1CCN(C)CC1.CCC(N1CCN(C)CC1)S(=O)(=O)Nc1nccc2c(-c3nc(Nc4cn(C)nc4OC)ncc3C)c[nH]c12.COc1nn(C)cc1Nc1ncc(C)c(-c2c[nH]c3c(NC(=O)NC4CCN(C)CC4)nccc23)n1. The second-order valence-corrected chi connectivity index (χ2v) is 30.2. The van der Waals surface area contributed by atoms with E-state index in [1.807, 2.05) is 97.5 Å². The molecule has 0 aromatic carbocycles. The fourth-order valence-electron chi connectivity index (χ4n) is 14.2. The van der Waals surface area contributed by atoms with Crippen molar-refractivity contribution < 1.29 is 32.2 Å².